The molecule has 0 radical (unpaired) electrons. The van der Waals surface area contributed by atoms with Crippen LogP contribution in [0.2, 0.25) is 0 Å². The molecule has 1 nitrogen and oxygen atoms in total. The molecule has 0 aliphatic carbocycles. The zero-order valence-corrected chi connectivity index (χ0v) is 7.51. The molecule has 0 saturated carbocycles. The lowest BCUT2D eigenvalue weighted by molar-refractivity contribution is 0.0990. The summed E-state index contributed by atoms with van der Waals surface area (Å²) >= 11 is 3.94. The molecule has 1 aromatic rings. The predicted molar refractivity (Wildman–Crippen MR) is 49.2 cm³/mol. The van der Waals surface area contributed by atoms with Gasteiger partial charge in [-0.05, 0) is 19.1 Å². The van der Waals surface area contributed by atoms with Gasteiger partial charge < -0.3 is 0 Å². The third-order valence-electron chi connectivity index (χ3n) is 1.52. The Hall–Kier alpha value is -0.830. The van der Waals surface area contributed by atoms with Crippen molar-refractivity contribution in [3.63, 3.8) is 0 Å². The molecular formula is C9H9FOS. The summed E-state index contributed by atoms with van der Waals surface area (Å²) in [6, 6.07) is 5.91. The van der Waals surface area contributed by atoms with E-state index in [4.69, 9.17) is 0 Å². The van der Waals surface area contributed by atoms with Gasteiger partial charge in [-0.2, -0.15) is 12.6 Å². The smallest absolute Gasteiger partial charge is 0.178 e. The Morgan fingerprint density at radius 1 is 1.50 bits per heavy atom. The standard InChI is InChI=1S/C9H9FOS/c1-6(12)9(11)7-4-2-3-5-8(7)10/h2-6,12H,1H3. The van der Waals surface area contributed by atoms with Crippen molar-refractivity contribution in [2.24, 2.45) is 0 Å². The summed E-state index contributed by atoms with van der Waals surface area (Å²) in [6.07, 6.45) is 0. The molecule has 1 rings (SSSR count). The molecule has 0 bridgehead atoms. The molecular weight excluding hydrogens is 175 g/mol. The molecule has 0 fully saturated rings. The van der Waals surface area contributed by atoms with Crippen LogP contribution >= 0.6 is 12.6 Å². The van der Waals surface area contributed by atoms with Crippen LogP contribution in [-0.2, 0) is 0 Å². The topological polar surface area (TPSA) is 17.1 Å². The van der Waals surface area contributed by atoms with Crippen molar-refractivity contribution in [1.82, 2.24) is 0 Å². The summed E-state index contributed by atoms with van der Waals surface area (Å²) in [5.41, 5.74) is 0.111. The lowest BCUT2D eigenvalue weighted by atomic mass is 10.1. The van der Waals surface area contributed by atoms with Gasteiger partial charge in [0.05, 0.1) is 10.8 Å². The number of halogens is 1. The fourth-order valence-corrected chi connectivity index (χ4v) is 1.03. The van der Waals surface area contributed by atoms with E-state index in [9.17, 15) is 9.18 Å². The highest BCUT2D eigenvalue weighted by atomic mass is 32.1. The lowest BCUT2D eigenvalue weighted by Gasteiger charge is -2.03. The molecule has 12 heavy (non-hydrogen) atoms. The Morgan fingerprint density at radius 3 is 2.58 bits per heavy atom. The Morgan fingerprint density at radius 2 is 2.08 bits per heavy atom. The summed E-state index contributed by atoms with van der Waals surface area (Å²) in [7, 11) is 0. The first-order chi connectivity index (χ1) is 5.63. The number of hydrogen-bond donors (Lipinski definition) is 1. The van der Waals surface area contributed by atoms with Crippen molar-refractivity contribution >= 4 is 18.4 Å². The highest BCUT2D eigenvalue weighted by Crippen LogP contribution is 2.11. The molecule has 0 aliphatic heterocycles. The van der Waals surface area contributed by atoms with Crippen LogP contribution in [0, 0.1) is 5.82 Å². The fourth-order valence-electron chi connectivity index (χ4n) is 0.886. The van der Waals surface area contributed by atoms with Gasteiger partial charge in [0.1, 0.15) is 5.82 Å². The Bertz CT molecular complexity index is 296. The van der Waals surface area contributed by atoms with Gasteiger partial charge in [0, 0.05) is 0 Å². The normalized spacial score (nSPS) is 12.6. The average Bonchev–Trinajstić information content (AvgIpc) is 2.04. The molecule has 0 saturated heterocycles. The van der Waals surface area contributed by atoms with Gasteiger partial charge in [0.2, 0.25) is 0 Å². The van der Waals surface area contributed by atoms with E-state index in [0.717, 1.165) is 0 Å². The predicted octanol–water partition coefficient (Wildman–Crippen LogP) is 2.33. The van der Waals surface area contributed by atoms with Crippen molar-refractivity contribution in [2.45, 2.75) is 12.2 Å². The fraction of sp³-hybridized carbons (Fsp3) is 0.222. The zero-order valence-electron chi connectivity index (χ0n) is 6.62. The van der Waals surface area contributed by atoms with Gasteiger partial charge in [-0.1, -0.05) is 12.1 Å². The highest BCUT2D eigenvalue weighted by Gasteiger charge is 2.14. The van der Waals surface area contributed by atoms with E-state index in [0.29, 0.717) is 0 Å². The van der Waals surface area contributed by atoms with Crippen LogP contribution in [0.4, 0.5) is 4.39 Å². The van der Waals surface area contributed by atoms with E-state index >= 15 is 0 Å². The minimum Gasteiger partial charge on any atom is -0.293 e. The number of ketones is 1. The van der Waals surface area contributed by atoms with Crippen molar-refractivity contribution in [3.05, 3.63) is 35.6 Å². The van der Waals surface area contributed by atoms with E-state index in [1.165, 1.54) is 12.1 Å². The molecule has 0 aliphatic rings. The van der Waals surface area contributed by atoms with E-state index < -0.39 is 11.1 Å². The van der Waals surface area contributed by atoms with Crippen LogP contribution in [0.5, 0.6) is 0 Å². The maximum absolute atomic E-state index is 12.9. The summed E-state index contributed by atoms with van der Waals surface area (Å²) in [6.45, 7) is 1.62. The van der Waals surface area contributed by atoms with Crippen LogP contribution < -0.4 is 0 Å². The number of carbonyl (C=O) groups is 1. The number of Topliss-reactive ketones (excluding diaryl/α,β-unsaturated/α-hetero) is 1. The van der Waals surface area contributed by atoms with Crippen LogP contribution in [-0.4, -0.2) is 11.0 Å². The van der Waals surface area contributed by atoms with Crippen LogP contribution in [0.25, 0.3) is 0 Å². The van der Waals surface area contributed by atoms with Crippen molar-refractivity contribution in [2.75, 3.05) is 0 Å². The highest BCUT2D eigenvalue weighted by molar-refractivity contribution is 7.81. The summed E-state index contributed by atoms with van der Waals surface area (Å²) in [4.78, 5) is 11.2. The second-order valence-corrected chi connectivity index (χ2v) is 3.29. The third kappa shape index (κ3) is 1.85. The number of hydrogen-bond acceptors (Lipinski definition) is 2. The Labute approximate surface area is 76.0 Å². The Kier molecular flexibility index (Phi) is 2.87. The van der Waals surface area contributed by atoms with Crippen molar-refractivity contribution in [3.8, 4) is 0 Å². The average molecular weight is 184 g/mol. The molecule has 1 aromatic carbocycles. The lowest BCUT2D eigenvalue weighted by Crippen LogP contribution is -2.12. The van der Waals surface area contributed by atoms with Gasteiger partial charge in [-0.15, -0.1) is 0 Å². The van der Waals surface area contributed by atoms with E-state index in [1.807, 2.05) is 0 Å². The van der Waals surface area contributed by atoms with E-state index in [2.05, 4.69) is 12.6 Å². The number of carbonyl (C=O) groups excluding carboxylic acids is 1. The minimum absolute atomic E-state index is 0.111. The number of thiol groups is 1. The maximum Gasteiger partial charge on any atom is 0.178 e. The Balaban J connectivity index is 3.03. The summed E-state index contributed by atoms with van der Waals surface area (Å²) in [5, 5.41) is -0.457. The maximum atomic E-state index is 12.9. The minimum atomic E-state index is -0.483. The van der Waals surface area contributed by atoms with Gasteiger partial charge in [0.15, 0.2) is 5.78 Å². The van der Waals surface area contributed by atoms with E-state index in [-0.39, 0.29) is 11.3 Å². The van der Waals surface area contributed by atoms with Gasteiger partial charge in [-0.3, -0.25) is 4.79 Å². The SMILES string of the molecule is CC(S)C(=O)c1ccccc1F. The van der Waals surface area contributed by atoms with Crippen LogP contribution in [0.1, 0.15) is 17.3 Å². The summed E-state index contributed by atoms with van der Waals surface area (Å²) in [5.74, 6) is -0.764. The molecule has 3 heteroatoms. The number of rotatable bonds is 2. The van der Waals surface area contributed by atoms with E-state index in [1.54, 1.807) is 19.1 Å². The van der Waals surface area contributed by atoms with Crippen molar-refractivity contribution < 1.29 is 9.18 Å². The quantitative estimate of drug-likeness (QED) is 0.551. The second kappa shape index (κ2) is 3.72. The van der Waals surface area contributed by atoms with Gasteiger partial charge in [0.25, 0.3) is 0 Å². The third-order valence-corrected chi connectivity index (χ3v) is 1.75. The van der Waals surface area contributed by atoms with Crippen LogP contribution in [0.15, 0.2) is 24.3 Å². The second-order valence-electron chi connectivity index (χ2n) is 2.52. The monoisotopic (exact) mass is 184 g/mol. The molecule has 0 spiro atoms. The van der Waals surface area contributed by atoms with Gasteiger partial charge in [-0.25, -0.2) is 4.39 Å². The van der Waals surface area contributed by atoms with Crippen molar-refractivity contribution in [1.29, 1.82) is 0 Å². The van der Waals surface area contributed by atoms with Crippen LogP contribution in [0.3, 0.4) is 0 Å². The zero-order chi connectivity index (χ0) is 9.14. The first-order valence-corrected chi connectivity index (χ1v) is 4.11. The first-order valence-electron chi connectivity index (χ1n) is 3.59. The molecule has 0 aromatic heterocycles. The molecule has 0 N–H and O–H groups in total. The largest absolute Gasteiger partial charge is 0.293 e. The molecule has 1 atom stereocenters. The number of benzene rings is 1. The first kappa shape index (κ1) is 9.26. The molecule has 1 unspecified atom stereocenters. The summed E-state index contributed by atoms with van der Waals surface area (Å²) < 4.78 is 12.9. The molecule has 0 heterocycles. The molecule has 64 valence electrons. The van der Waals surface area contributed by atoms with Gasteiger partial charge >= 0.3 is 0 Å². The molecule has 0 amide bonds.